The number of thioether (sulfide) groups is 1. The molecular formula is C11H10O2S. The molecule has 72 valence electrons. The van der Waals surface area contributed by atoms with Crippen LogP contribution in [-0.2, 0) is 4.79 Å². The monoisotopic (exact) mass is 206 g/mol. The Kier molecular flexibility index (Phi) is 2.33. The van der Waals surface area contributed by atoms with Crippen LogP contribution >= 0.6 is 11.8 Å². The third-order valence-electron chi connectivity index (χ3n) is 2.22. The van der Waals surface area contributed by atoms with E-state index in [0.29, 0.717) is 5.57 Å². The molecule has 3 heteroatoms. The summed E-state index contributed by atoms with van der Waals surface area (Å²) in [5.41, 5.74) is 1.49. The summed E-state index contributed by atoms with van der Waals surface area (Å²) in [6.07, 6.45) is 1.76. The van der Waals surface area contributed by atoms with Gasteiger partial charge in [0.05, 0.1) is 5.57 Å². The first-order valence-electron chi connectivity index (χ1n) is 4.39. The smallest absolute Gasteiger partial charge is 0.332 e. The zero-order valence-corrected chi connectivity index (χ0v) is 8.54. The second kappa shape index (κ2) is 3.50. The Labute approximate surface area is 86.6 Å². The number of hydrogen-bond donors (Lipinski definition) is 1. The lowest BCUT2D eigenvalue weighted by Crippen LogP contribution is -2.14. The Morgan fingerprint density at radius 1 is 1.43 bits per heavy atom. The van der Waals surface area contributed by atoms with E-state index in [1.807, 2.05) is 31.2 Å². The molecule has 1 unspecified atom stereocenters. The van der Waals surface area contributed by atoms with Crippen molar-refractivity contribution in [1.82, 2.24) is 0 Å². The minimum atomic E-state index is -0.820. The zero-order chi connectivity index (χ0) is 10.1. The summed E-state index contributed by atoms with van der Waals surface area (Å²) in [5.74, 6) is -0.820. The summed E-state index contributed by atoms with van der Waals surface area (Å²) in [6, 6.07) is 7.85. The highest BCUT2D eigenvalue weighted by Gasteiger charge is 2.22. The van der Waals surface area contributed by atoms with E-state index in [-0.39, 0.29) is 5.25 Å². The van der Waals surface area contributed by atoms with Crippen LogP contribution in [-0.4, -0.2) is 16.3 Å². The largest absolute Gasteiger partial charge is 0.478 e. The van der Waals surface area contributed by atoms with Gasteiger partial charge in [-0.25, -0.2) is 4.79 Å². The van der Waals surface area contributed by atoms with Gasteiger partial charge in [-0.1, -0.05) is 18.2 Å². The van der Waals surface area contributed by atoms with Gasteiger partial charge in [-0.2, -0.15) is 0 Å². The lowest BCUT2D eigenvalue weighted by atomic mass is 10.1. The van der Waals surface area contributed by atoms with Gasteiger partial charge in [-0.3, -0.25) is 0 Å². The van der Waals surface area contributed by atoms with Crippen LogP contribution < -0.4 is 0 Å². The van der Waals surface area contributed by atoms with Crippen molar-refractivity contribution >= 4 is 23.8 Å². The number of benzene rings is 1. The molecule has 0 saturated carbocycles. The lowest BCUT2D eigenvalue weighted by molar-refractivity contribution is -0.132. The van der Waals surface area contributed by atoms with E-state index in [4.69, 9.17) is 5.11 Å². The molecule has 0 bridgehead atoms. The molecule has 0 fully saturated rings. The van der Waals surface area contributed by atoms with Gasteiger partial charge in [0.1, 0.15) is 0 Å². The number of carboxylic acid groups (broad SMARTS) is 1. The molecule has 0 amide bonds. The Hall–Kier alpha value is -1.22. The molecule has 0 aromatic heterocycles. The van der Waals surface area contributed by atoms with Gasteiger partial charge in [-0.05, 0) is 24.6 Å². The predicted octanol–water partition coefficient (Wildman–Crippen LogP) is 2.65. The highest BCUT2D eigenvalue weighted by molar-refractivity contribution is 8.00. The highest BCUT2D eigenvalue weighted by Crippen LogP contribution is 2.36. The van der Waals surface area contributed by atoms with Gasteiger partial charge in [0.2, 0.25) is 0 Å². The van der Waals surface area contributed by atoms with E-state index in [0.717, 1.165) is 10.5 Å². The standard InChI is InChI=1S/C11H10O2S/c1-7-9(11(12)13)6-8-4-2-3-5-10(8)14-7/h2-7H,1H3,(H,12,13). The van der Waals surface area contributed by atoms with Crippen LogP contribution in [0.15, 0.2) is 34.7 Å². The average molecular weight is 206 g/mol. The summed E-state index contributed by atoms with van der Waals surface area (Å²) in [6.45, 7) is 1.92. The minimum Gasteiger partial charge on any atom is -0.478 e. The van der Waals surface area contributed by atoms with Gasteiger partial charge in [0.25, 0.3) is 0 Å². The fraction of sp³-hybridized carbons (Fsp3) is 0.182. The summed E-state index contributed by atoms with van der Waals surface area (Å²) in [4.78, 5) is 12.1. The molecule has 2 nitrogen and oxygen atoms in total. The predicted molar refractivity (Wildman–Crippen MR) is 57.4 cm³/mol. The molecule has 1 atom stereocenters. The maximum absolute atomic E-state index is 10.9. The van der Waals surface area contributed by atoms with E-state index < -0.39 is 5.97 Å². The van der Waals surface area contributed by atoms with Crippen LogP contribution in [0.5, 0.6) is 0 Å². The van der Waals surface area contributed by atoms with Gasteiger partial charge in [0.15, 0.2) is 0 Å². The van der Waals surface area contributed by atoms with Crippen molar-refractivity contribution in [2.24, 2.45) is 0 Å². The maximum Gasteiger partial charge on any atom is 0.332 e. The first-order chi connectivity index (χ1) is 6.68. The summed E-state index contributed by atoms with van der Waals surface area (Å²) in [5, 5.41) is 8.98. The molecule has 1 aromatic rings. The van der Waals surface area contributed by atoms with Crippen LogP contribution in [0.1, 0.15) is 12.5 Å². The number of hydrogen-bond acceptors (Lipinski definition) is 2. The Morgan fingerprint density at radius 3 is 2.86 bits per heavy atom. The maximum atomic E-state index is 10.9. The fourth-order valence-corrected chi connectivity index (χ4v) is 2.58. The van der Waals surface area contributed by atoms with Crippen molar-refractivity contribution in [3.8, 4) is 0 Å². The van der Waals surface area contributed by atoms with E-state index in [1.54, 1.807) is 17.8 Å². The molecule has 1 heterocycles. The van der Waals surface area contributed by atoms with Crippen LogP contribution in [0.4, 0.5) is 0 Å². The fourth-order valence-electron chi connectivity index (χ4n) is 1.48. The molecule has 2 rings (SSSR count). The van der Waals surface area contributed by atoms with Crippen LogP contribution in [0, 0.1) is 0 Å². The summed E-state index contributed by atoms with van der Waals surface area (Å²) in [7, 11) is 0. The van der Waals surface area contributed by atoms with E-state index >= 15 is 0 Å². The quantitative estimate of drug-likeness (QED) is 0.767. The Morgan fingerprint density at radius 2 is 2.14 bits per heavy atom. The Balaban J connectivity index is 2.49. The number of fused-ring (bicyclic) bond motifs is 1. The number of carbonyl (C=O) groups is 1. The first kappa shape index (κ1) is 9.34. The average Bonchev–Trinajstić information content (AvgIpc) is 2.16. The number of aliphatic carboxylic acids is 1. The second-order valence-electron chi connectivity index (χ2n) is 3.20. The van der Waals surface area contributed by atoms with Crippen LogP contribution in [0.25, 0.3) is 6.08 Å². The second-order valence-corrected chi connectivity index (χ2v) is 4.59. The van der Waals surface area contributed by atoms with Crippen LogP contribution in [0.2, 0.25) is 0 Å². The third kappa shape index (κ3) is 1.55. The van der Waals surface area contributed by atoms with Gasteiger partial charge >= 0.3 is 5.97 Å². The van der Waals surface area contributed by atoms with Gasteiger partial charge in [0, 0.05) is 10.1 Å². The van der Waals surface area contributed by atoms with Crippen molar-refractivity contribution in [2.45, 2.75) is 17.1 Å². The van der Waals surface area contributed by atoms with Crippen molar-refractivity contribution < 1.29 is 9.90 Å². The topological polar surface area (TPSA) is 37.3 Å². The van der Waals surface area contributed by atoms with E-state index in [1.165, 1.54) is 0 Å². The molecule has 1 aliphatic heterocycles. The van der Waals surface area contributed by atoms with E-state index in [9.17, 15) is 4.79 Å². The van der Waals surface area contributed by atoms with Crippen molar-refractivity contribution in [3.63, 3.8) is 0 Å². The zero-order valence-electron chi connectivity index (χ0n) is 7.73. The molecular weight excluding hydrogens is 196 g/mol. The number of carboxylic acids is 1. The molecule has 1 aromatic carbocycles. The molecule has 1 N–H and O–H groups in total. The van der Waals surface area contributed by atoms with Gasteiger partial charge in [-0.15, -0.1) is 11.8 Å². The molecule has 0 radical (unpaired) electrons. The minimum absolute atomic E-state index is 0.0300. The normalized spacial score (nSPS) is 19.8. The molecule has 0 aliphatic carbocycles. The van der Waals surface area contributed by atoms with E-state index in [2.05, 4.69) is 0 Å². The first-order valence-corrected chi connectivity index (χ1v) is 5.27. The molecule has 14 heavy (non-hydrogen) atoms. The summed E-state index contributed by atoms with van der Waals surface area (Å²) < 4.78 is 0. The SMILES string of the molecule is CC1Sc2ccccc2C=C1C(=O)O. The molecule has 1 aliphatic rings. The third-order valence-corrected chi connectivity index (χ3v) is 3.45. The number of rotatable bonds is 1. The van der Waals surface area contributed by atoms with Crippen molar-refractivity contribution in [2.75, 3.05) is 0 Å². The van der Waals surface area contributed by atoms with Gasteiger partial charge < -0.3 is 5.11 Å². The van der Waals surface area contributed by atoms with Crippen molar-refractivity contribution in [3.05, 3.63) is 35.4 Å². The molecule has 0 spiro atoms. The van der Waals surface area contributed by atoms with Crippen molar-refractivity contribution in [1.29, 1.82) is 0 Å². The summed E-state index contributed by atoms with van der Waals surface area (Å²) >= 11 is 1.60. The molecule has 0 saturated heterocycles. The lowest BCUT2D eigenvalue weighted by Gasteiger charge is -2.19. The Bertz CT molecular complexity index is 410. The van der Waals surface area contributed by atoms with Crippen LogP contribution in [0.3, 0.4) is 0 Å². The highest BCUT2D eigenvalue weighted by atomic mass is 32.2.